The van der Waals surface area contributed by atoms with E-state index in [-0.39, 0.29) is 62.6 Å². The highest BCUT2D eigenvalue weighted by Crippen LogP contribution is 2.44. The van der Waals surface area contributed by atoms with E-state index in [0.29, 0.717) is 11.7 Å². The van der Waals surface area contributed by atoms with E-state index >= 15 is 0 Å². The summed E-state index contributed by atoms with van der Waals surface area (Å²) in [5, 5.41) is 14.0. The minimum Gasteiger partial charge on any atom is -0.449 e. The quantitative estimate of drug-likeness (QED) is 0.110. The van der Waals surface area contributed by atoms with Gasteiger partial charge in [0.15, 0.2) is 0 Å². The molecule has 7 amide bonds. The van der Waals surface area contributed by atoms with Crippen molar-refractivity contribution in [2.75, 3.05) is 38.5 Å². The zero-order valence-electron chi connectivity index (χ0n) is 30.3. The molecule has 2 aromatic rings. The number of nitrogens with two attached hydrogens (primary N) is 1. The minimum atomic E-state index is -1.36. The van der Waals surface area contributed by atoms with Gasteiger partial charge < -0.3 is 46.7 Å². The van der Waals surface area contributed by atoms with Crippen LogP contribution in [0.25, 0.3) is 11.1 Å². The van der Waals surface area contributed by atoms with Crippen molar-refractivity contribution in [2.45, 2.75) is 81.3 Å². The molecule has 2 fully saturated rings. The molecule has 2 aromatic carbocycles. The van der Waals surface area contributed by atoms with Crippen LogP contribution in [-0.2, 0) is 23.9 Å². The molecule has 1 unspecified atom stereocenters. The number of nitrogens with zero attached hydrogens (tertiary/aromatic N) is 1. The van der Waals surface area contributed by atoms with E-state index in [1.807, 2.05) is 60.3 Å². The Morgan fingerprint density at radius 2 is 1.64 bits per heavy atom. The van der Waals surface area contributed by atoms with Crippen molar-refractivity contribution in [2.24, 2.45) is 5.73 Å². The molecule has 0 spiro atoms. The van der Waals surface area contributed by atoms with Crippen LogP contribution in [0.1, 0.15) is 63.5 Å². The van der Waals surface area contributed by atoms with Crippen LogP contribution < -0.4 is 32.3 Å². The normalized spacial score (nSPS) is 19.1. The minimum absolute atomic E-state index is 0.00827. The number of rotatable bonds is 16. The van der Waals surface area contributed by atoms with E-state index in [1.54, 1.807) is 20.8 Å². The van der Waals surface area contributed by atoms with Gasteiger partial charge in [-0.15, -0.1) is 0 Å². The van der Waals surface area contributed by atoms with Gasteiger partial charge in [0.1, 0.15) is 18.2 Å². The van der Waals surface area contributed by atoms with Gasteiger partial charge >= 0.3 is 18.2 Å². The first kappa shape index (κ1) is 39.2. The van der Waals surface area contributed by atoms with Gasteiger partial charge in [0.05, 0.1) is 25.2 Å². The van der Waals surface area contributed by atoms with Gasteiger partial charge in [-0.2, -0.15) is 11.8 Å². The second-order valence-electron chi connectivity index (χ2n) is 14.3. The maximum absolute atomic E-state index is 13.8. The van der Waals surface area contributed by atoms with E-state index in [9.17, 15) is 28.8 Å². The summed E-state index contributed by atoms with van der Waals surface area (Å²) in [5.74, 6) is -1.09. The second-order valence-corrected chi connectivity index (χ2v) is 15.6. The van der Waals surface area contributed by atoms with Crippen molar-refractivity contribution in [1.29, 1.82) is 0 Å². The van der Waals surface area contributed by atoms with Gasteiger partial charge in [-0.3, -0.25) is 14.4 Å². The third kappa shape index (κ3) is 10.8. The Kier molecular flexibility index (Phi) is 13.1. The maximum Gasteiger partial charge on any atom is 0.407 e. The fourth-order valence-corrected chi connectivity index (χ4v) is 8.39. The fourth-order valence-electron chi connectivity index (χ4n) is 6.85. The number of thioether (sulfide) groups is 1. The Morgan fingerprint density at radius 1 is 0.962 bits per heavy atom. The van der Waals surface area contributed by atoms with E-state index < -0.39 is 42.2 Å². The highest BCUT2D eigenvalue weighted by Gasteiger charge is 2.42. The summed E-state index contributed by atoms with van der Waals surface area (Å²) in [4.78, 5) is 76.9. The Hall–Kier alpha value is -4.99. The molecule has 4 atom stereocenters. The highest BCUT2D eigenvalue weighted by molar-refractivity contribution is 8.00. The Bertz CT molecular complexity index is 1640. The molecule has 3 aliphatic rings. The molecular weight excluding hydrogens is 703 g/mol. The molecule has 0 radical (unpaired) electrons. The molecule has 5 rings (SSSR count). The van der Waals surface area contributed by atoms with Crippen LogP contribution in [0.2, 0.25) is 0 Å². The largest absolute Gasteiger partial charge is 0.449 e. The van der Waals surface area contributed by atoms with Crippen molar-refractivity contribution in [3.8, 4) is 11.1 Å². The number of alkyl carbamates (subject to hydrolysis) is 2. The first-order valence-corrected chi connectivity index (χ1v) is 18.9. The lowest BCUT2D eigenvalue weighted by Crippen LogP contribution is -2.56. The highest BCUT2D eigenvalue weighted by atomic mass is 32.2. The SMILES string of the molecule is CC(C)(C)OC(=O)NCC(NC(=O)OCC1c2ccccc2-c2ccccc21)C(=O)N(CCNC(=O)CCCC[C@H]1SC[C@H]2NC(=O)N[C@H]21)CC(N)=O. The topological polar surface area (TPSA) is 210 Å². The lowest BCUT2D eigenvalue weighted by Gasteiger charge is -2.28. The first-order chi connectivity index (χ1) is 25.3. The molecular formula is C37H49N7O8S. The number of urea groups is 1. The summed E-state index contributed by atoms with van der Waals surface area (Å²) in [7, 11) is 0. The van der Waals surface area contributed by atoms with E-state index in [1.165, 1.54) is 0 Å². The van der Waals surface area contributed by atoms with Crippen LogP contribution in [0.5, 0.6) is 0 Å². The number of hydrogen-bond acceptors (Lipinski definition) is 9. The standard InChI is InChI=1S/C37H49N7O8S/c1-37(2,3)52-35(49)40-18-27(42-36(50)51-20-26-24-12-6-4-10-22(24)23-11-5-7-13-25(23)26)33(47)44(19-30(38)45)17-16-39-31(46)15-9-8-14-29-32-28(21-53-29)41-34(48)43-32/h4-7,10-13,26-29,32H,8-9,14-21H2,1-3H3,(H2,38,45)(H,39,46)(H,40,49)(H,42,50)(H2,41,43,48)/t27?,28-,29-,32-/m1/s1. The maximum atomic E-state index is 13.8. The molecule has 53 heavy (non-hydrogen) atoms. The molecule has 0 aromatic heterocycles. The third-order valence-corrected chi connectivity index (χ3v) is 10.7. The van der Waals surface area contributed by atoms with Crippen molar-refractivity contribution in [3.05, 3.63) is 59.7 Å². The van der Waals surface area contributed by atoms with Gasteiger partial charge in [-0.1, -0.05) is 55.0 Å². The third-order valence-electron chi connectivity index (χ3n) is 9.23. The predicted octanol–water partition coefficient (Wildman–Crippen LogP) is 2.57. The lowest BCUT2D eigenvalue weighted by atomic mass is 9.98. The van der Waals surface area contributed by atoms with Gasteiger partial charge in [-0.05, 0) is 55.9 Å². The van der Waals surface area contributed by atoms with Crippen molar-refractivity contribution < 1.29 is 38.2 Å². The molecule has 0 bridgehead atoms. The van der Waals surface area contributed by atoms with Crippen LogP contribution >= 0.6 is 11.8 Å². The van der Waals surface area contributed by atoms with Crippen LogP contribution in [0, 0.1) is 0 Å². The number of primary amides is 1. The number of benzene rings is 2. The number of ether oxygens (including phenoxy) is 2. The van der Waals surface area contributed by atoms with E-state index in [4.69, 9.17) is 15.2 Å². The Labute approximate surface area is 313 Å². The number of amides is 7. The Balaban J connectivity index is 1.15. The molecule has 16 heteroatoms. The molecule has 1 aliphatic carbocycles. The number of nitrogens with one attached hydrogen (secondary N) is 5. The van der Waals surface area contributed by atoms with Crippen LogP contribution in [0.15, 0.2) is 48.5 Å². The summed E-state index contributed by atoms with van der Waals surface area (Å²) in [5.41, 5.74) is 8.79. The summed E-state index contributed by atoms with van der Waals surface area (Å²) >= 11 is 1.82. The molecule has 2 saturated heterocycles. The van der Waals surface area contributed by atoms with E-state index in [0.717, 1.165) is 45.7 Å². The monoisotopic (exact) mass is 751 g/mol. The van der Waals surface area contributed by atoms with Gasteiger partial charge in [0, 0.05) is 36.4 Å². The molecule has 15 nitrogen and oxygen atoms in total. The summed E-state index contributed by atoms with van der Waals surface area (Å²) in [6, 6.07) is 14.5. The summed E-state index contributed by atoms with van der Waals surface area (Å²) < 4.78 is 11.0. The number of unbranched alkanes of at least 4 members (excludes halogenated alkanes) is 1. The number of hydrogen-bond donors (Lipinski definition) is 6. The summed E-state index contributed by atoms with van der Waals surface area (Å²) in [6.07, 6.45) is 0.887. The van der Waals surface area contributed by atoms with Crippen molar-refractivity contribution in [3.63, 3.8) is 0 Å². The van der Waals surface area contributed by atoms with Crippen molar-refractivity contribution in [1.82, 2.24) is 31.5 Å². The average molecular weight is 752 g/mol. The van der Waals surface area contributed by atoms with Crippen LogP contribution in [0.3, 0.4) is 0 Å². The number of fused-ring (bicyclic) bond motifs is 4. The molecule has 2 heterocycles. The zero-order valence-corrected chi connectivity index (χ0v) is 31.1. The van der Waals surface area contributed by atoms with Gasteiger partial charge in [-0.25, -0.2) is 14.4 Å². The second kappa shape index (κ2) is 17.7. The first-order valence-electron chi connectivity index (χ1n) is 17.9. The fraction of sp³-hybridized carbons (Fsp3) is 0.514. The van der Waals surface area contributed by atoms with E-state index in [2.05, 4.69) is 26.6 Å². The smallest absolute Gasteiger partial charge is 0.407 e. The average Bonchev–Trinajstić information content (AvgIpc) is 3.76. The molecule has 0 saturated carbocycles. The summed E-state index contributed by atoms with van der Waals surface area (Å²) in [6.45, 7) is 4.12. The lowest BCUT2D eigenvalue weighted by molar-refractivity contribution is -0.137. The number of carbonyl (C=O) groups is 6. The van der Waals surface area contributed by atoms with Crippen LogP contribution in [-0.4, -0.2) is 108 Å². The zero-order chi connectivity index (χ0) is 38.1. The molecule has 286 valence electrons. The number of carbonyl (C=O) groups excluding carboxylic acids is 6. The van der Waals surface area contributed by atoms with Crippen LogP contribution in [0.4, 0.5) is 14.4 Å². The van der Waals surface area contributed by atoms with Gasteiger partial charge in [0.25, 0.3) is 0 Å². The molecule has 7 N–H and O–H groups in total. The van der Waals surface area contributed by atoms with Gasteiger partial charge in [0.2, 0.25) is 17.7 Å². The predicted molar refractivity (Wildman–Crippen MR) is 199 cm³/mol. The Morgan fingerprint density at radius 3 is 2.30 bits per heavy atom. The molecule has 2 aliphatic heterocycles. The van der Waals surface area contributed by atoms with Crippen molar-refractivity contribution >= 4 is 47.7 Å².